The number of para-hydroxylation sites is 1. The summed E-state index contributed by atoms with van der Waals surface area (Å²) >= 11 is 6.08. The minimum Gasteiger partial charge on any atom is -0.484 e. The van der Waals surface area contributed by atoms with E-state index in [0.29, 0.717) is 21.9 Å². The molecule has 0 aliphatic rings. The fourth-order valence-electron chi connectivity index (χ4n) is 2.60. The smallest absolute Gasteiger partial charge is 0.305 e. The van der Waals surface area contributed by atoms with E-state index in [1.807, 2.05) is 32.0 Å². The lowest BCUT2D eigenvalue weighted by Gasteiger charge is -2.09. The number of furan rings is 1. The number of amides is 2. The first-order valence-electron chi connectivity index (χ1n) is 8.33. The van der Waals surface area contributed by atoms with Crippen LogP contribution in [0.25, 0.3) is 11.0 Å². The Labute approximate surface area is 161 Å². The lowest BCUT2D eigenvalue weighted by molar-refractivity contribution is -0.123. The Morgan fingerprint density at radius 3 is 2.56 bits per heavy atom. The molecule has 0 bridgehead atoms. The Balaban J connectivity index is 1.59. The van der Waals surface area contributed by atoms with E-state index in [4.69, 9.17) is 20.8 Å². The first-order valence-corrected chi connectivity index (χ1v) is 8.71. The molecule has 3 aromatic rings. The lowest BCUT2D eigenvalue weighted by atomic mass is 10.1. The number of carbonyl (C=O) groups excluding carboxylic acids is 2. The van der Waals surface area contributed by atoms with Crippen LogP contribution in [-0.4, -0.2) is 18.4 Å². The van der Waals surface area contributed by atoms with Gasteiger partial charge in [-0.1, -0.05) is 29.8 Å². The second-order valence-electron chi connectivity index (χ2n) is 6.21. The van der Waals surface area contributed by atoms with Gasteiger partial charge in [-0.25, -0.2) is 0 Å². The number of hydrogen-bond donors (Lipinski definition) is 2. The summed E-state index contributed by atoms with van der Waals surface area (Å²) in [5.41, 5.74) is 7.92. The van der Waals surface area contributed by atoms with Crippen molar-refractivity contribution in [3.63, 3.8) is 0 Å². The third-order valence-electron chi connectivity index (χ3n) is 4.29. The molecule has 2 N–H and O–H groups in total. The van der Waals surface area contributed by atoms with Crippen LogP contribution in [0.2, 0.25) is 5.02 Å². The highest BCUT2D eigenvalue weighted by atomic mass is 35.5. The fourth-order valence-corrected chi connectivity index (χ4v) is 2.81. The minimum absolute atomic E-state index is 0.0912. The van der Waals surface area contributed by atoms with E-state index < -0.39 is 11.8 Å². The van der Waals surface area contributed by atoms with Gasteiger partial charge in [0.05, 0.1) is 5.02 Å². The van der Waals surface area contributed by atoms with Crippen molar-refractivity contribution in [1.82, 2.24) is 10.9 Å². The van der Waals surface area contributed by atoms with Gasteiger partial charge in [0.2, 0.25) is 0 Å². The topological polar surface area (TPSA) is 80.6 Å². The summed E-state index contributed by atoms with van der Waals surface area (Å²) in [7, 11) is 0. The number of fused-ring (bicyclic) bond motifs is 1. The number of hydrogen-bond acceptors (Lipinski definition) is 4. The van der Waals surface area contributed by atoms with Gasteiger partial charge in [0.1, 0.15) is 5.75 Å². The van der Waals surface area contributed by atoms with E-state index in [0.717, 1.165) is 16.5 Å². The summed E-state index contributed by atoms with van der Waals surface area (Å²) in [4.78, 5) is 24.2. The highest BCUT2D eigenvalue weighted by molar-refractivity contribution is 6.35. The zero-order chi connectivity index (χ0) is 19.6. The first kappa shape index (κ1) is 18.8. The highest BCUT2D eigenvalue weighted by Crippen LogP contribution is 2.30. The van der Waals surface area contributed by atoms with Crippen LogP contribution in [0.5, 0.6) is 5.75 Å². The summed E-state index contributed by atoms with van der Waals surface area (Å²) in [6.07, 6.45) is 0. The molecule has 7 heteroatoms. The monoisotopic (exact) mass is 386 g/mol. The summed E-state index contributed by atoms with van der Waals surface area (Å²) in [6.45, 7) is 5.48. The second kappa shape index (κ2) is 7.72. The zero-order valence-corrected chi connectivity index (χ0v) is 15.9. The quantitative estimate of drug-likeness (QED) is 0.667. The lowest BCUT2D eigenvalue weighted by Crippen LogP contribution is -2.43. The zero-order valence-electron chi connectivity index (χ0n) is 15.2. The molecule has 140 valence electrons. The van der Waals surface area contributed by atoms with Crippen molar-refractivity contribution in [2.45, 2.75) is 20.8 Å². The van der Waals surface area contributed by atoms with Crippen LogP contribution in [-0.2, 0) is 4.79 Å². The fraction of sp³-hybridized carbons (Fsp3) is 0.200. The molecule has 2 aromatic carbocycles. The van der Waals surface area contributed by atoms with E-state index in [1.54, 1.807) is 25.1 Å². The molecule has 2 amide bonds. The summed E-state index contributed by atoms with van der Waals surface area (Å²) in [6, 6.07) is 10.8. The Morgan fingerprint density at radius 1 is 1.07 bits per heavy atom. The molecular formula is C20H19ClN2O4. The Bertz CT molecular complexity index is 1030. The van der Waals surface area contributed by atoms with Crippen molar-refractivity contribution in [1.29, 1.82) is 0 Å². The molecule has 0 radical (unpaired) electrons. The van der Waals surface area contributed by atoms with Gasteiger partial charge in [0, 0.05) is 10.9 Å². The van der Waals surface area contributed by atoms with Gasteiger partial charge in [0.15, 0.2) is 18.0 Å². The van der Waals surface area contributed by atoms with Crippen molar-refractivity contribution in [3.05, 3.63) is 63.9 Å². The van der Waals surface area contributed by atoms with Gasteiger partial charge >= 0.3 is 5.91 Å². The summed E-state index contributed by atoms with van der Waals surface area (Å²) < 4.78 is 11.0. The maximum absolute atomic E-state index is 12.3. The van der Waals surface area contributed by atoms with Gasteiger partial charge in [-0.2, -0.15) is 0 Å². The predicted molar refractivity (Wildman–Crippen MR) is 103 cm³/mol. The van der Waals surface area contributed by atoms with Crippen LogP contribution in [0.1, 0.15) is 27.2 Å². The van der Waals surface area contributed by atoms with E-state index in [1.165, 1.54) is 0 Å². The van der Waals surface area contributed by atoms with Crippen LogP contribution in [0.15, 0.2) is 40.8 Å². The molecule has 1 heterocycles. The van der Waals surface area contributed by atoms with Gasteiger partial charge in [-0.3, -0.25) is 20.4 Å². The number of aryl methyl sites for hydroxylation is 3. The van der Waals surface area contributed by atoms with Crippen LogP contribution >= 0.6 is 11.6 Å². The van der Waals surface area contributed by atoms with Gasteiger partial charge in [0.25, 0.3) is 5.91 Å². The molecule has 0 unspecified atom stereocenters. The Morgan fingerprint density at radius 2 is 1.85 bits per heavy atom. The molecule has 1 aromatic heterocycles. The largest absolute Gasteiger partial charge is 0.484 e. The standard InChI is InChI=1S/C20H19ClN2O4/c1-11-7-8-14(9-12(11)2)26-10-17(24)22-23-20(25)18-13(3)15-5-4-6-16(21)19(15)27-18/h4-9H,10H2,1-3H3,(H,22,24)(H,23,25). The predicted octanol–water partition coefficient (Wildman–Crippen LogP) is 3.85. The van der Waals surface area contributed by atoms with Crippen molar-refractivity contribution in [2.24, 2.45) is 0 Å². The molecule has 0 saturated heterocycles. The molecular weight excluding hydrogens is 368 g/mol. The highest BCUT2D eigenvalue weighted by Gasteiger charge is 2.19. The number of carbonyl (C=O) groups is 2. The molecule has 3 rings (SSSR count). The molecule has 0 atom stereocenters. The molecule has 0 spiro atoms. The van der Waals surface area contributed by atoms with Gasteiger partial charge in [-0.15, -0.1) is 0 Å². The summed E-state index contributed by atoms with van der Waals surface area (Å²) in [5, 5.41) is 1.16. The maximum Gasteiger partial charge on any atom is 0.305 e. The number of halogens is 1. The van der Waals surface area contributed by atoms with Crippen LogP contribution in [0.3, 0.4) is 0 Å². The van der Waals surface area contributed by atoms with E-state index in [-0.39, 0.29) is 12.4 Å². The van der Waals surface area contributed by atoms with Gasteiger partial charge in [-0.05, 0) is 50.1 Å². The molecule has 6 nitrogen and oxygen atoms in total. The Hall–Kier alpha value is -2.99. The number of ether oxygens (including phenoxy) is 1. The molecule has 0 aliphatic heterocycles. The van der Waals surface area contributed by atoms with Crippen LogP contribution in [0.4, 0.5) is 0 Å². The van der Waals surface area contributed by atoms with Crippen molar-refractivity contribution >= 4 is 34.4 Å². The van der Waals surface area contributed by atoms with Crippen molar-refractivity contribution in [2.75, 3.05) is 6.61 Å². The molecule has 0 saturated carbocycles. The van der Waals surface area contributed by atoms with E-state index in [9.17, 15) is 9.59 Å². The third kappa shape index (κ3) is 4.06. The first-order chi connectivity index (χ1) is 12.9. The number of nitrogens with one attached hydrogen (secondary N) is 2. The maximum atomic E-state index is 12.3. The minimum atomic E-state index is -0.570. The molecule has 0 fully saturated rings. The normalized spacial score (nSPS) is 10.7. The molecule has 27 heavy (non-hydrogen) atoms. The average Bonchev–Trinajstić information content (AvgIpc) is 2.99. The Kier molecular flexibility index (Phi) is 5.37. The van der Waals surface area contributed by atoms with Crippen LogP contribution in [0, 0.1) is 20.8 Å². The number of hydrazine groups is 1. The third-order valence-corrected chi connectivity index (χ3v) is 4.58. The van der Waals surface area contributed by atoms with Crippen molar-refractivity contribution < 1.29 is 18.7 Å². The van der Waals surface area contributed by atoms with Gasteiger partial charge < -0.3 is 9.15 Å². The van der Waals surface area contributed by atoms with E-state index in [2.05, 4.69) is 10.9 Å². The van der Waals surface area contributed by atoms with E-state index >= 15 is 0 Å². The SMILES string of the molecule is Cc1ccc(OCC(=O)NNC(=O)c2oc3c(Cl)cccc3c2C)cc1C. The van der Waals surface area contributed by atoms with Crippen molar-refractivity contribution in [3.8, 4) is 5.75 Å². The molecule has 0 aliphatic carbocycles. The summed E-state index contributed by atoms with van der Waals surface area (Å²) in [5.74, 6) is -0.386. The number of rotatable bonds is 4. The van der Waals surface area contributed by atoms with Crippen LogP contribution < -0.4 is 15.6 Å². The average molecular weight is 387 g/mol. The second-order valence-corrected chi connectivity index (χ2v) is 6.62. The number of benzene rings is 2.